The highest BCUT2D eigenvalue weighted by molar-refractivity contribution is 9.09. The van der Waals surface area contributed by atoms with E-state index in [-0.39, 0.29) is 0 Å². The summed E-state index contributed by atoms with van der Waals surface area (Å²) < 4.78 is 5.08. The van der Waals surface area contributed by atoms with Gasteiger partial charge in [0.25, 0.3) is 0 Å². The summed E-state index contributed by atoms with van der Waals surface area (Å²) in [5, 5.41) is 1.48. The van der Waals surface area contributed by atoms with E-state index in [0.717, 1.165) is 17.7 Å². The molecule has 4 nitrogen and oxygen atoms in total. The molecule has 2 rings (SSSR count). The van der Waals surface area contributed by atoms with Crippen LogP contribution in [0.15, 0.2) is 6.20 Å². The van der Waals surface area contributed by atoms with E-state index >= 15 is 0 Å². The van der Waals surface area contributed by atoms with Gasteiger partial charge in [0, 0.05) is 17.9 Å². The number of hydrogen-bond donors (Lipinski definition) is 0. The predicted molar refractivity (Wildman–Crippen MR) is 77.0 cm³/mol. The maximum atomic E-state index is 6.22. The van der Waals surface area contributed by atoms with Crippen LogP contribution >= 0.6 is 27.5 Å². The summed E-state index contributed by atoms with van der Waals surface area (Å²) in [4.78, 5) is 10.7. The number of methoxy groups -OCH3 is 1. The van der Waals surface area contributed by atoms with Gasteiger partial charge in [0.05, 0.1) is 13.3 Å². The lowest BCUT2D eigenvalue weighted by molar-refractivity contribution is 0.379. The number of nitrogens with zero attached hydrogens (tertiary/aromatic N) is 3. The van der Waals surface area contributed by atoms with Crippen molar-refractivity contribution in [2.45, 2.75) is 31.7 Å². The van der Waals surface area contributed by atoms with E-state index in [1.165, 1.54) is 25.7 Å². The normalized spacial score (nSPS) is 15.9. The van der Waals surface area contributed by atoms with Crippen LogP contribution in [0, 0.1) is 0 Å². The summed E-state index contributed by atoms with van der Waals surface area (Å²) in [6.07, 6.45) is 6.58. The Labute approximate surface area is 121 Å². The highest BCUT2D eigenvalue weighted by Gasteiger charge is 2.25. The third kappa shape index (κ3) is 3.06. The van der Waals surface area contributed by atoms with Gasteiger partial charge in [-0.2, -0.15) is 4.98 Å². The van der Waals surface area contributed by atoms with Crippen molar-refractivity contribution < 1.29 is 4.74 Å². The molecule has 0 aliphatic heterocycles. The Morgan fingerprint density at radius 3 is 2.83 bits per heavy atom. The van der Waals surface area contributed by atoms with E-state index in [4.69, 9.17) is 16.3 Å². The minimum atomic E-state index is 0.368. The van der Waals surface area contributed by atoms with Gasteiger partial charge in [-0.1, -0.05) is 40.4 Å². The van der Waals surface area contributed by atoms with Crippen LogP contribution in [0.5, 0.6) is 6.01 Å². The van der Waals surface area contributed by atoms with Crippen molar-refractivity contribution in [3.05, 3.63) is 11.2 Å². The third-order valence-corrected chi connectivity index (χ3v) is 3.87. The molecule has 1 aliphatic rings. The second-order valence-electron chi connectivity index (χ2n) is 4.35. The molecule has 0 unspecified atom stereocenters. The predicted octanol–water partition coefficient (Wildman–Crippen LogP) is 3.28. The number of hydrogen-bond acceptors (Lipinski definition) is 4. The van der Waals surface area contributed by atoms with E-state index < -0.39 is 0 Å². The molecule has 0 atom stereocenters. The minimum absolute atomic E-state index is 0.368. The Hall–Kier alpha value is -0.550. The van der Waals surface area contributed by atoms with E-state index in [2.05, 4.69) is 30.8 Å². The quantitative estimate of drug-likeness (QED) is 0.775. The fourth-order valence-electron chi connectivity index (χ4n) is 2.41. The standard InChI is InChI=1S/C12H17BrClN3O/c1-18-12-15-8-10(14)11(16-12)17(7-6-13)9-4-2-3-5-9/h8-9H,2-7H2,1H3. The number of rotatable bonds is 5. The zero-order valence-electron chi connectivity index (χ0n) is 10.4. The minimum Gasteiger partial charge on any atom is -0.467 e. The molecule has 1 aromatic rings. The van der Waals surface area contributed by atoms with Crippen molar-refractivity contribution in [3.63, 3.8) is 0 Å². The Morgan fingerprint density at radius 2 is 2.22 bits per heavy atom. The summed E-state index contributed by atoms with van der Waals surface area (Å²) in [6, 6.07) is 0.895. The fourth-order valence-corrected chi connectivity index (χ4v) is 2.99. The SMILES string of the molecule is COc1ncc(Cl)c(N(CCBr)C2CCCC2)n1. The Morgan fingerprint density at radius 1 is 1.50 bits per heavy atom. The van der Waals surface area contributed by atoms with Crippen LogP contribution in [0.2, 0.25) is 5.02 Å². The number of ether oxygens (including phenoxy) is 1. The van der Waals surface area contributed by atoms with Gasteiger partial charge in [-0.15, -0.1) is 0 Å². The summed E-state index contributed by atoms with van der Waals surface area (Å²) in [6.45, 7) is 0.893. The zero-order chi connectivity index (χ0) is 13.0. The summed E-state index contributed by atoms with van der Waals surface area (Å²) >= 11 is 9.72. The van der Waals surface area contributed by atoms with Crippen molar-refractivity contribution in [1.29, 1.82) is 0 Å². The van der Waals surface area contributed by atoms with Crippen molar-refractivity contribution in [2.24, 2.45) is 0 Å². The second-order valence-corrected chi connectivity index (χ2v) is 5.55. The molecule has 1 aliphatic carbocycles. The van der Waals surface area contributed by atoms with Crippen molar-refractivity contribution in [3.8, 4) is 6.01 Å². The molecule has 6 heteroatoms. The van der Waals surface area contributed by atoms with E-state index in [1.54, 1.807) is 13.3 Å². The van der Waals surface area contributed by atoms with E-state index in [9.17, 15) is 0 Å². The molecule has 0 saturated heterocycles. The lowest BCUT2D eigenvalue weighted by atomic mass is 10.2. The number of halogens is 2. The monoisotopic (exact) mass is 333 g/mol. The Balaban J connectivity index is 2.28. The Bertz CT molecular complexity index is 399. The summed E-state index contributed by atoms with van der Waals surface area (Å²) in [5.74, 6) is 0.787. The average Bonchev–Trinajstić information content (AvgIpc) is 2.91. The van der Waals surface area contributed by atoms with Crippen LogP contribution in [0.4, 0.5) is 5.82 Å². The number of aromatic nitrogens is 2. The van der Waals surface area contributed by atoms with Crippen LogP contribution in [0.1, 0.15) is 25.7 Å². The molecule has 0 bridgehead atoms. The molecule has 0 aromatic carbocycles. The van der Waals surface area contributed by atoms with E-state index in [0.29, 0.717) is 17.1 Å². The van der Waals surface area contributed by atoms with Crippen molar-refractivity contribution in [2.75, 3.05) is 23.9 Å². The molecule has 0 radical (unpaired) electrons. The first kappa shape index (κ1) is 13.9. The molecular weight excluding hydrogens is 318 g/mol. The average molecular weight is 335 g/mol. The molecular formula is C12H17BrClN3O. The molecule has 18 heavy (non-hydrogen) atoms. The van der Waals surface area contributed by atoms with Gasteiger partial charge in [-0.3, -0.25) is 0 Å². The lowest BCUT2D eigenvalue weighted by Crippen LogP contribution is -2.35. The molecule has 1 fully saturated rings. The van der Waals surface area contributed by atoms with Crippen LogP contribution in [-0.4, -0.2) is 35.0 Å². The highest BCUT2D eigenvalue weighted by Crippen LogP contribution is 2.31. The molecule has 1 heterocycles. The van der Waals surface area contributed by atoms with Gasteiger partial charge in [0.1, 0.15) is 5.02 Å². The van der Waals surface area contributed by atoms with Crippen LogP contribution < -0.4 is 9.64 Å². The van der Waals surface area contributed by atoms with Gasteiger partial charge >= 0.3 is 6.01 Å². The first-order chi connectivity index (χ1) is 8.76. The number of alkyl halides is 1. The molecule has 1 aromatic heterocycles. The van der Waals surface area contributed by atoms with Gasteiger partial charge in [0.2, 0.25) is 0 Å². The van der Waals surface area contributed by atoms with E-state index in [1.807, 2.05) is 0 Å². The van der Waals surface area contributed by atoms with Gasteiger partial charge < -0.3 is 9.64 Å². The fraction of sp³-hybridized carbons (Fsp3) is 0.667. The van der Waals surface area contributed by atoms with Crippen LogP contribution in [0.25, 0.3) is 0 Å². The molecule has 0 amide bonds. The maximum absolute atomic E-state index is 6.22. The van der Waals surface area contributed by atoms with Crippen molar-refractivity contribution >= 4 is 33.3 Å². The largest absolute Gasteiger partial charge is 0.467 e. The Kier molecular flexibility index (Phi) is 5.06. The topological polar surface area (TPSA) is 38.2 Å². The lowest BCUT2D eigenvalue weighted by Gasteiger charge is -2.30. The maximum Gasteiger partial charge on any atom is 0.318 e. The van der Waals surface area contributed by atoms with Gasteiger partial charge in [-0.25, -0.2) is 4.98 Å². The molecule has 1 saturated carbocycles. The van der Waals surface area contributed by atoms with Crippen LogP contribution in [-0.2, 0) is 0 Å². The highest BCUT2D eigenvalue weighted by atomic mass is 79.9. The smallest absolute Gasteiger partial charge is 0.318 e. The molecule has 0 spiro atoms. The first-order valence-corrected chi connectivity index (χ1v) is 7.65. The first-order valence-electron chi connectivity index (χ1n) is 6.15. The molecule has 100 valence electrons. The summed E-state index contributed by atoms with van der Waals surface area (Å²) in [5.41, 5.74) is 0. The third-order valence-electron chi connectivity index (χ3n) is 3.25. The molecule has 0 N–H and O–H groups in total. The number of anilines is 1. The zero-order valence-corrected chi connectivity index (χ0v) is 12.7. The van der Waals surface area contributed by atoms with Gasteiger partial charge in [-0.05, 0) is 12.8 Å². The van der Waals surface area contributed by atoms with Crippen molar-refractivity contribution in [1.82, 2.24) is 9.97 Å². The van der Waals surface area contributed by atoms with Crippen LogP contribution in [0.3, 0.4) is 0 Å². The second kappa shape index (κ2) is 6.57. The van der Waals surface area contributed by atoms with Gasteiger partial charge in [0.15, 0.2) is 5.82 Å². The summed E-state index contributed by atoms with van der Waals surface area (Å²) in [7, 11) is 1.57.